The molecule has 104 valence electrons. The molecule has 0 bridgehead atoms. The Morgan fingerprint density at radius 3 is 2.67 bits per heavy atom. The topological polar surface area (TPSA) is 32.7 Å². The third-order valence-electron chi connectivity index (χ3n) is 5.36. The monoisotopic (exact) mass is 253 g/mol. The summed E-state index contributed by atoms with van der Waals surface area (Å²) < 4.78 is 6.10. The van der Waals surface area contributed by atoms with E-state index >= 15 is 0 Å². The lowest BCUT2D eigenvalue weighted by Gasteiger charge is -2.44. The summed E-state index contributed by atoms with van der Waals surface area (Å²) in [5, 5.41) is 9.37. The van der Waals surface area contributed by atoms with Crippen LogP contribution in [0.5, 0.6) is 0 Å². The van der Waals surface area contributed by atoms with Crippen LogP contribution in [0.25, 0.3) is 0 Å². The zero-order valence-electron chi connectivity index (χ0n) is 11.6. The highest BCUT2D eigenvalue weighted by Crippen LogP contribution is 2.41. The van der Waals surface area contributed by atoms with Gasteiger partial charge in [-0.15, -0.1) is 0 Å². The molecule has 3 fully saturated rings. The first-order valence-electron chi connectivity index (χ1n) is 7.69. The van der Waals surface area contributed by atoms with E-state index in [-0.39, 0.29) is 11.7 Å². The molecule has 1 unspecified atom stereocenters. The van der Waals surface area contributed by atoms with Gasteiger partial charge in [-0.05, 0) is 51.5 Å². The van der Waals surface area contributed by atoms with Gasteiger partial charge >= 0.3 is 0 Å². The van der Waals surface area contributed by atoms with E-state index < -0.39 is 0 Å². The van der Waals surface area contributed by atoms with Crippen LogP contribution in [0.4, 0.5) is 0 Å². The zero-order chi connectivity index (χ0) is 12.6. The van der Waals surface area contributed by atoms with Gasteiger partial charge in [0.25, 0.3) is 0 Å². The fourth-order valence-corrected chi connectivity index (χ4v) is 4.15. The van der Waals surface area contributed by atoms with Crippen molar-refractivity contribution < 1.29 is 9.84 Å². The summed E-state index contributed by atoms with van der Waals surface area (Å²) in [5.74, 6) is 0.729. The maximum atomic E-state index is 9.37. The largest absolute Gasteiger partial charge is 0.393 e. The summed E-state index contributed by atoms with van der Waals surface area (Å²) >= 11 is 0. The molecule has 1 heterocycles. The summed E-state index contributed by atoms with van der Waals surface area (Å²) in [6, 6.07) is 0.703. The molecule has 0 radical (unpaired) electrons. The van der Waals surface area contributed by atoms with Crippen LogP contribution in [0.1, 0.15) is 51.4 Å². The molecule has 1 spiro atoms. The molecule has 3 heteroatoms. The highest BCUT2D eigenvalue weighted by atomic mass is 16.5. The van der Waals surface area contributed by atoms with E-state index in [1.165, 1.54) is 38.5 Å². The van der Waals surface area contributed by atoms with Gasteiger partial charge in [0.1, 0.15) is 0 Å². The number of hydrogen-bond donors (Lipinski definition) is 1. The average molecular weight is 253 g/mol. The van der Waals surface area contributed by atoms with E-state index in [0.29, 0.717) is 6.04 Å². The quantitative estimate of drug-likeness (QED) is 0.837. The molecule has 0 aromatic heterocycles. The lowest BCUT2D eigenvalue weighted by molar-refractivity contribution is -0.103. The Balaban J connectivity index is 1.51. The summed E-state index contributed by atoms with van der Waals surface area (Å²) in [6.45, 7) is 2.11. The molecule has 1 saturated heterocycles. The number of hydrogen-bond acceptors (Lipinski definition) is 3. The van der Waals surface area contributed by atoms with Crippen LogP contribution >= 0.6 is 0 Å². The number of nitrogens with zero attached hydrogens (tertiary/aromatic N) is 1. The summed E-state index contributed by atoms with van der Waals surface area (Å²) in [4.78, 5) is 2.54. The highest BCUT2D eigenvalue weighted by Gasteiger charge is 2.41. The second-order valence-electron chi connectivity index (χ2n) is 6.82. The van der Waals surface area contributed by atoms with Crippen LogP contribution < -0.4 is 0 Å². The predicted octanol–water partition coefficient (Wildman–Crippen LogP) is 2.18. The Labute approximate surface area is 110 Å². The molecule has 1 atom stereocenters. The maximum absolute atomic E-state index is 9.37. The number of aliphatic hydroxyl groups excluding tert-OH is 1. The molecule has 1 N–H and O–H groups in total. The number of rotatable bonds is 3. The van der Waals surface area contributed by atoms with E-state index in [0.717, 1.165) is 31.9 Å². The van der Waals surface area contributed by atoms with Crippen LogP contribution in [-0.2, 0) is 4.74 Å². The fraction of sp³-hybridized carbons (Fsp3) is 1.00. The summed E-state index contributed by atoms with van der Waals surface area (Å²) in [7, 11) is 2.27. The standard InChI is InChI=1S/C15H27NO2/c1-16(11-12-8-14(17)9-12)13-4-7-18-15(10-13)5-2-3-6-15/h12-14,17H,2-11H2,1H3. The highest BCUT2D eigenvalue weighted by molar-refractivity contribution is 4.94. The Morgan fingerprint density at radius 2 is 2.00 bits per heavy atom. The minimum absolute atomic E-state index is 0.0146. The van der Waals surface area contributed by atoms with Crippen LogP contribution in [-0.4, -0.2) is 48.0 Å². The summed E-state index contributed by atoms with van der Waals surface area (Å²) in [5.41, 5.74) is 0.232. The Morgan fingerprint density at radius 1 is 1.28 bits per heavy atom. The van der Waals surface area contributed by atoms with Crippen LogP contribution in [0.15, 0.2) is 0 Å². The molecule has 0 aromatic carbocycles. The molecule has 0 aromatic rings. The summed E-state index contributed by atoms with van der Waals surface area (Å²) in [6.07, 6.45) is 9.69. The molecular formula is C15H27NO2. The molecule has 1 aliphatic heterocycles. The van der Waals surface area contributed by atoms with Crippen LogP contribution in [0, 0.1) is 5.92 Å². The van der Waals surface area contributed by atoms with Crippen molar-refractivity contribution in [2.75, 3.05) is 20.2 Å². The van der Waals surface area contributed by atoms with Gasteiger partial charge in [-0.25, -0.2) is 0 Å². The van der Waals surface area contributed by atoms with Crippen molar-refractivity contribution in [3.8, 4) is 0 Å². The van der Waals surface area contributed by atoms with Gasteiger partial charge in [0.15, 0.2) is 0 Å². The van der Waals surface area contributed by atoms with Crippen molar-refractivity contribution in [1.82, 2.24) is 4.90 Å². The minimum atomic E-state index is -0.0146. The van der Waals surface area contributed by atoms with Crippen molar-refractivity contribution >= 4 is 0 Å². The van der Waals surface area contributed by atoms with Gasteiger partial charge in [-0.3, -0.25) is 0 Å². The van der Waals surface area contributed by atoms with E-state index in [4.69, 9.17) is 4.74 Å². The average Bonchev–Trinajstić information content (AvgIpc) is 2.75. The SMILES string of the molecule is CN(CC1CC(O)C1)C1CCOC2(CCCC2)C1. The molecule has 0 amide bonds. The van der Waals surface area contributed by atoms with Crippen LogP contribution in [0.3, 0.4) is 0 Å². The van der Waals surface area contributed by atoms with Crippen molar-refractivity contribution in [3.05, 3.63) is 0 Å². The van der Waals surface area contributed by atoms with Crippen LogP contribution in [0.2, 0.25) is 0 Å². The van der Waals surface area contributed by atoms with Gasteiger partial charge in [-0.2, -0.15) is 0 Å². The first-order valence-corrected chi connectivity index (χ1v) is 7.69. The third kappa shape index (κ3) is 2.59. The molecule has 3 rings (SSSR count). The molecule has 2 saturated carbocycles. The van der Waals surface area contributed by atoms with Gasteiger partial charge in [0.05, 0.1) is 11.7 Å². The first-order chi connectivity index (χ1) is 8.67. The third-order valence-corrected chi connectivity index (χ3v) is 5.36. The second-order valence-corrected chi connectivity index (χ2v) is 6.82. The van der Waals surface area contributed by atoms with Gasteiger partial charge in [0, 0.05) is 19.2 Å². The second kappa shape index (κ2) is 5.10. The first kappa shape index (κ1) is 12.9. The molecule has 3 nitrogen and oxygen atoms in total. The lowest BCUT2D eigenvalue weighted by Crippen LogP contribution is -2.48. The Hall–Kier alpha value is -0.120. The van der Waals surface area contributed by atoms with Crippen molar-refractivity contribution in [3.63, 3.8) is 0 Å². The number of ether oxygens (including phenoxy) is 1. The van der Waals surface area contributed by atoms with Gasteiger partial charge < -0.3 is 14.7 Å². The van der Waals surface area contributed by atoms with E-state index in [2.05, 4.69) is 11.9 Å². The molecule has 3 aliphatic rings. The molecule has 2 aliphatic carbocycles. The Kier molecular flexibility index (Phi) is 3.65. The van der Waals surface area contributed by atoms with E-state index in [9.17, 15) is 5.11 Å². The normalized spacial score (nSPS) is 39.2. The molecule has 18 heavy (non-hydrogen) atoms. The Bertz CT molecular complexity index is 282. The maximum Gasteiger partial charge on any atom is 0.0697 e. The minimum Gasteiger partial charge on any atom is -0.393 e. The van der Waals surface area contributed by atoms with E-state index in [1.807, 2.05) is 0 Å². The van der Waals surface area contributed by atoms with Crippen molar-refractivity contribution in [2.45, 2.75) is 69.1 Å². The molecular weight excluding hydrogens is 226 g/mol. The number of aliphatic hydroxyl groups is 1. The van der Waals surface area contributed by atoms with Crippen molar-refractivity contribution in [1.29, 1.82) is 0 Å². The fourth-order valence-electron chi connectivity index (χ4n) is 4.15. The van der Waals surface area contributed by atoms with Gasteiger partial charge in [-0.1, -0.05) is 12.8 Å². The van der Waals surface area contributed by atoms with Gasteiger partial charge in [0.2, 0.25) is 0 Å². The lowest BCUT2D eigenvalue weighted by atomic mass is 9.81. The predicted molar refractivity (Wildman–Crippen MR) is 71.5 cm³/mol. The zero-order valence-corrected chi connectivity index (χ0v) is 11.6. The van der Waals surface area contributed by atoms with E-state index in [1.54, 1.807) is 0 Å². The van der Waals surface area contributed by atoms with Crippen molar-refractivity contribution in [2.24, 2.45) is 5.92 Å². The smallest absolute Gasteiger partial charge is 0.0697 e.